The van der Waals surface area contributed by atoms with Gasteiger partial charge in [0.15, 0.2) is 5.96 Å². The van der Waals surface area contributed by atoms with Gasteiger partial charge in [0.2, 0.25) is 5.91 Å². The van der Waals surface area contributed by atoms with Gasteiger partial charge in [-0.3, -0.25) is 9.79 Å². The van der Waals surface area contributed by atoms with Crippen molar-refractivity contribution < 1.29 is 9.53 Å². The SMILES string of the molecule is CCNC(=NCC1CCOC1c1ccccc1)NC1CCCC(C(=O)NC2CC2)C1.I. The lowest BCUT2D eigenvalue weighted by atomic mass is 9.85. The molecule has 0 radical (unpaired) electrons. The number of nitrogens with one attached hydrogen (secondary N) is 3. The molecule has 1 aromatic rings. The molecule has 0 aromatic heterocycles. The first-order valence-electron chi connectivity index (χ1n) is 11.7. The van der Waals surface area contributed by atoms with Gasteiger partial charge in [0.1, 0.15) is 0 Å². The van der Waals surface area contributed by atoms with E-state index < -0.39 is 0 Å². The van der Waals surface area contributed by atoms with Gasteiger partial charge in [0, 0.05) is 43.6 Å². The Morgan fingerprint density at radius 3 is 2.61 bits per heavy atom. The predicted molar refractivity (Wildman–Crippen MR) is 135 cm³/mol. The van der Waals surface area contributed by atoms with Crippen LogP contribution in [0.25, 0.3) is 0 Å². The van der Waals surface area contributed by atoms with Crippen LogP contribution < -0.4 is 16.0 Å². The number of hydrogen-bond acceptors (Lipinski definition) is 3. The van der Waals surface area contributed by atoms with Crippen LogP contribution in [0.1, 0.15) is 63.5 Å². The van der Waals surface area contributed by atoms with Gasteiger partial charge < -0.3 is 20.7 Å². The van der Waals surface area contributed by atoms with Crippen molar-refractivity contribution in [3.05, 3.63) is 35.9 Å². The van der Waals surface area contributed by atoms with Crippen molar-refractivity contribution in [1.82, 2.24) is 16.0 Å². The first kappa shape index (κ1) is 24.3. The molecule has 4 rings (SSSR count). The van der Waals surface area contributed by atoms with Gasteiger partial charge in [-0.25, -0.2) is 0 Å². The number of aliphatic imine (C=N–C) groups is 1. The van der Waals surface area contributed by atoms with E-state index in [1.165, 1.54) is 5.56 Å². The summed E-state index contributed by atoms with van der Waals surface area (Å²) in [5, 5.41) is 10.2. The minimum absolute atomic E-state index is 0. The third kappa shape index (κ3) is 7.07. The fraction of sp³-hybridized carbons (Fsp3) is 0.667. The fourth-order valence-electron chi connectivity index (χ4n) is 4.66. The summed E-state index contributed by atoms with van der Waals surface area (Å²) in [7, 11) is 0. The van der Waals surface area contributed by atoms with Crippen molar-refractivity contribution in [2.45, 2.75) is 70.1 Å². The van der Waals surface area contributed by atoms with Crippen LogP contribution in [0.3, 0.4) is 0 Å². The van der Waals surface area contributed by atoms with Crippen LogP contribution in [0, 0.1) is 11.8 Å². The van der Waals surface area contributed by atoms with Gasteiger partial charge in [-0.15, -0.1) is 24.0 Å². The van der Waals surface area contributed by atoms with Crippen molar-refractivity contribution in [1.29, 1.82) is 0 Å². The van der Waals surface area contributed by atoms with Gasteiger partial charge in [0.05, 0.1) is 6.10 Å². The fourth-order valence-corrected chi connectivity index (χ4v) is 4.66. The van der Waals surface area contributed by atoms with E-state index in [0.717, 1.165) is 70.6 Å². The van der Waals surface area contributed by atoms with Crippen LogP contribution in [0.2, 0.25) is 0 Å². The summed E-state index contributed by atoms with van der Waals surface area (Å²) in [6, 6.07) is 11.2. The van der Waals surface area contributed by atoms with Crippen molar-refractivity contribution in [2.75, 3.05) is 19.7 Å². The minimum atomic E-state index is 0. The smallest absolute Gasteiger partial charge is 0.223 e. The summed E-state index contributed by atoms with van der Waals surface area (Å²) in [4.78, 5) is 17.4. The quantitative estimate of drug-likeness (QED) is 0.280. The number of guanidine groups is 1. The van der Waals surface area contributed by atoms with Gasteiger partial charge in [0.25, 0.3) is 0 Å². The Balaban J connectivity index is 0.00000272. The van der Waals surface area contributed by atoms with Gasteiger partial charge in [-0.05, 0) is 51.0 Å². The highest BCUT2D eigenvalue weighted by atomic mass is 127. The van der Waals surface area contributed by atoms with Crippen LogP contribution in [0.15, 0.2) is 35.3 Å². The second kappa shape index (κ2) is 12.0. The first-order chi connectivity index (χ1) is 14.7. The second-order valence-corrected chi connectivity index (χ2v) is 8.96. The standard InChI is InChI=1S/C24H36N4O2.HI/c1-2-25-24(26-16-19-13-14-30-22(19)17-7-4-3-5-8-17)28-21-10-6-9-18(15-21)23(29)27-20-11-12-20;/h3-5,7-8,18-22H,2,6,9-16H2,1H3,(H,27,29)(H2,25,26,28);1H. The van der Waals surface area contributed by atoms with Crippen LogP contribution in [0.5, 0.6) is 0 Å². The molecule has 3 N–H and O–H groups in total. The summed E-state index contributed by atoms with van der Waals surface area (Å²) >= 11 is 0. The zero-order valence-corrected chi connectivity index (χ0v) is 20.8. The summed E-state index contributed by atoms with van der Waals surface area (Å²) in [5.41, 5.74) is 1.24. The van der Waals surface area contributed by atoms with Crippen molar-refractivity contribution >= 4 is 35.8 Å². The monoisotopic (exact) mass is 540 g/mol. The number of amides is 1. The molecule has 2 saturated carbocycles. The number of benzene rings is 1. The Kier molecular flexibility index (Phi) is 9.44. The van der Waals surface area contributed by atoms with Gasteiger partial charge in [-0.2, -0.15) is 0 Å². The molecule has 1 saturated heterocycles. The number of halogens is 1. The van der Waals surface area contributed by atoms with E-state index in [1.807, 2.05) is 6.07 Å². The average Bonchev–Trinajstić information content (AvgIpc) is 3.46. The number of carbonyl (C=O) groups excluding carboxylic acids is 1. The van der Waals surface area contributed by atoms with Crippen LogP contribution in [-0.2, 0) is 9.53 Å². The van der Waals surface area contributed by atoms with E-state index in [4.69, 9.17) is 9.73 Å². The molecule has 1 aromatic carbocycles. The topological polar surface area (TPSA) is 74.8 Å². The Morgan fingerprint density at radius 1 is 1.06 bits per heavy atom. The molecule has 7 heteroatoms. The molecular weight excluding hydrogens is 503 g/mol. The summed E-state index contributed by atoms with van der Waals surface area (Å²) in [5.74, 6) is 1.64. The van der Waals surface area contributed by atoms with E-state index in [-0.39, 0.29) is 41.9 Å². The Labute approximate surface area is 203 Å². The van der Waals surface area contributed by atoms with E-state index in [1.54, 1.807) is 0 Å². The number of rotatable bonds is 7. The summed E-state index contributed by atoms with van der Waals surface area (Å²) < 4.78 is 6.02. The molecule has 4 unspecified atom stereocenters. The molecule has 2 aliphatic carbocycles. The van der Waals surface area contributed by atoms with Crippen molar-refractivity contribution in [2.24, 2.45) is 16.8 Å². The molecule has 1 amide bonds. The second-order valence-electron chi connectivity index (χ2n) is 8.96. The van der Waals surface area contributed by atoms with Crippen LogP contribution >= 0.6 is 24.0 Å². The number of ether oxygens (including phenoxy) is 1. The average molecular weight is 540 g/mol. The molecule has 0 bridgehead atoms. The highest BCUT2D eigenvalue weighted by Crippen LogP contribution is 2.34. The van der Waals surface area contributed by atoms with Crippen LogP contribution in [-0.4, -0.2) is 43.6 Å². The molecule has 0 spiro atoms. The van der Waals surface area contributed by atoms with E-state index in [0.29, 0.717) is 18.0 Å². The first-order valence-corrected chi connectivity index (χ1v) is 11.7. The number of hydrogen-bond donors (Lipinski definition) is 3. The summed E-state index contributed by atoms with van der Waals surface area (Å²) in [6.07, 6.45) is 7.53. The normalized spacial score (nSPS) is 28.5. The lowest BCUT2D eigenvalue weighted by Crippen LogP contribution is -2.47. The molecule has 172 valence electrons. The molecule has 3 aliphatic rings. The Bertz CT molecular complexity index is 726. The zero-order chi connectivity index (χ0) is 20.8. The van der Waals surface area contributed by atoms with Crippen LogP contribution in [0.4, 0.5) is 0 Å². The largest absolute Gasteiger partial charge is 0.373 e. The van der Waals surface area contributed by atoms with E-state index >= 15 is 0 Å². The third-order valence-corrected chi connectivity index (χ3v) is 6.48. The molecular formula is C24H37IN4O2. The molecule has 3 fully saturated rings. The summed E-state index contributed by atoms with van der Waals surface area (Å²) in [6.45, 7) is 4.46. The Hall–Kier alpha value is -1.35. The highest BCUT2D eigenvalue weighted by Gasteiger charge is 2.32. The maximum Gasteiger partial charge on any atom is 0.223 e. The van der Waals surface area contributed by atoms with E-state index in [9.17, 15) is 4.79 Å². The lowest BCUT2D eigenvalue weighted by molar-refractivity contribution is -0.126. The maximum absolute atomic E-state index is 12.5. The van der Waals surface area contributed by atoms with Gasteiger partial charge in [-0.1, -0.05) is 36.8 Å². The van der Waals surface area contributed by atoms with Gasteiger partial charge >= 0.3 is 0 Å². The van der Waals surface area contributed by atoms with Crippen molar-refractivity contribution in [3.8, 4) is 0 Å². The maximum atomic E-state index is 12.5. The molecule has 1 aliphatic heterocycles. The van der Waals surface area contributed by atoms with Crippen molar-refractivity contribution in [3.63, 3.8) is 0 Å². The third-order valence-electron chi connectivity index (χ3n) is 6.48. The molecule has 4 atom stereocenters. The predicted octanol–water partition coefficient (Wildman–Crippen LogP) is 3.77. The van der Waals surface area contributed by atoms with E-state index in [2.05, 4.69) is 47.1 Å². The number of nitrogens with zero attached hydrogens (tertiary/aromatic N) is 1. The minimum Gasteiger partial charge on any atom is -0.373 e. The lowest BCUT2D eigenvalue weighted by Gasteiger charge is -2.30. The molecule has 31 heavy (non-hydrogen) atoms. The molecule has 6 nitrogen and oxygen atoms in total. The Morgan fingerprint density at radius 2 is 1.87 bits per heavy atom. The molecule has 1 heterocycles. The number of carbonyl (C=O) groups is 1. The zero-order valence-electron chi connectivity index (χ0n) is 18.5. The highest BCUT2D eigenvalue weighted by molar-refractivity contribution is 14.0.